The van der Waals surface area contributed by atoms with E-state index in [1.807, 2.05) is 66.7 Å². The number of methoxy groups -OCH3 is 1. The monoisotopic (exact) mass is 425 g/mol. The minimum absolute atomic E-state index is 0.0835. The minimum atomic E-state index is -0.429. The molecule has 4 aromatic rings. The Morgan fingerprint density at radius 2 is 1.72 bits per heavy atom. The number of para-hydroxylation sites is 2. The van der Waals surface area contributed by atoms with Crippen molar-refractivity contribution in [3.63, 3.8) is 0 Å². The van der Waals surface area contributed by atoms with Gasteiger partial charge in [-0.15, -0.1) is 0 Å². The third-order valence-electron chi connectivity index (χ3n) is 5.97. The predicted molar refractivity (Wildman–Crippen MR) is 123 cm³/mol. The lowest BCUT2D eigenvalue weighted by molar-refractivity contribution is 0.0603. The number of ether oxygens (including phenoxy) is 2. The summed E-state index contributed by atoms with van der Waals surface area (Å²) in [6, 6.07) is 23.1. The molecule has 5 nitrogen and oxygen atoms in total. The topological polar surface area (TPSA) is 57.5 Å². The molecule has 1 aromatic heterocycles. The zero-order chi connectivity index (χ0) is 22.1. The maximum Gasteiger partial charge on any atom is 0.338 e. The minimum Gasteiger partial charge on any atom is -0.465 e. The van der Waals surface area contributed by atoms with Crippen LogP contribution in [-0.2, 0) is 17.7 Å². The molecule has 0 atom stereocenters. The van der Waals surface area contributed by atoms with Crippen molar-refractivity contribution in [3.8, 4) is 11.5 Å². The Bertz CT molecular complexity index is 1320. The highest BCUT2D eigenvalue weighted by Gasteiger charge is 2.29. The number of rotatable bonds is 5. The van der Waals surface area contributed by atoms with E-state index in [2.05, 4.69) is 4.57 Å². The highest BCUT2D eigenvalue weighted by molar-refractivity contribution is 6.16. The van der Waals surface area contributed by atoms with Crippen LogP contribution in [0.25, 0.3) is 10.9 Å². The largest absolute Gasteiger partial charge is 0.465 e. The van der Waals surface area contributed by atoms with Gasteiger partial charge in [0.1, 0.15) is 11.5 Å². The molecule has 0 amide bonds. The van der Waals surface area contributed by atoms with Gasteiger partial charge in [-0.3, -0.25) is 4.79 Å². The van der Waals surface area contributed by atoms with E-state index < -0.39 is 5.97 Å². The molecule has 0 radical (unpaired) electrons. The third-order valence-corrected chi connectivity index (χ3v) is 5.97. The van der Waals surface area contributed by atoms with Crippen molar-refractivity contribution < 1.29 is 19.1 Å². The molecule has 1 heterocycles. The Balaban J connectivity index is 1.65. The van der Waals surface area contributed by atoms with Crippen LogP contribution in [0.4, 0.5) is 0 Å². The zero-order valence-corrected chi connectivity index (χ0v) is 17.8. The summed E-state index contributed by atoms with van der Waals surface area (Å²) in [6.45, 7) is 0.534. The number of carbonyl (C=O) groups is 2. The maximum absolute atomic E-state index is 12.9. The fourth-order valence-electron chi connectivity index (χ4n) is 4.53. The van der Waals surface area contributed by atoms with E-state index in [1.54, 1.807) is 6.07 Å². The number of hydrogen-bond acceptors (Lipinski definition) is 4. The molecule has 1 aliphatic carbocycles. The summed E-state index contributed by atoms with van der Waals surface area (Å²) >= 11 is 0. The smallest absolute Gasteiger partial charge is 0.338 e. The number of aromatic nitrogens is 1. The third kappa shape index (κ3) is 3.46. The van der Waals surface area contributed by atoms with E-state index in [0.29, 0.717) is 29.5 Å². The first-order valence-corrected chi connectivity index (χ1v) is 10.7. The Hall–Kier alpha value is -3.86. The van der Waals surface area contributed by atoms with Crippen LogP contribution in [0.15, 0.2) is 72.8 Å². The highest BCUT2D eigenvalue weighted by Crippen LogP contribution is 2.36. The van der Waals surface area contributed by atoms with E-state index in [1.165, 1.54) is 7.11 Å². The van der Waals surface area contributed by atoms with Gasteiger partial charge in [0.2, 0.25) is 0 Å². The lowest BCUT2D eigenvalue weighted by Gasteiger charge is -2.17. The van der Waals surface area contributed by atoms with E-state index in [9.17, 15) is 9.59 Å². The molecule has 0 saturated heterocycles. The second kappa shape index (κ2) is 8.35. The highest BCUT2D eigenvalue weighted by atomic mass is 16.5. The number of esters is 1. The van der Waals surface area contributed by atoms with Crippen molar-refractivity contribution in [3.05, 3.63) is 95.2 Å². The van der Waals surface area contributed by atoms with E-state index in [-0.39, 0.29) is 5.78 Å². The second-order valence-electron chi connectivity index (χ2n) is 7.90. The molecule has 32 heavy (non-hydrogen) atoms. The number of hydrogen-bond donors (Lipinski definition) is 0. The van der Waals surface area contributed by atoms with Gasteiger partial charge < -0.3 is 14.0 Å². The summed E-state index contributed by atoms with van der Waals surface area (Å²) in [6.07, 6.45) is 2.09. The molecular weight excluding hydrogens is 402 g/mol. The van der Waals surface area contributed by atoms with Crippen LogP contribution in [-0.4, -0.2) is 23.4 Å². The van der Waals surface area contributed by atoms with Gasteiger partial charge in [-0.25, -0.2) is 4.79 Å². The quantitative estimate of drug-likeness (QED) is 0.380. The summed E-state index contributed by atoms with van der Waals surface area (Å²) in [5.41, 5.74) is 3.93. The Kier molecular flexibility index (Phi) is 5.23. The molecule has 0 N–H and O–H groups in total. The second-order valence-corrected chi connectivity index (χ2v) is 7.90. The first kappa shape index (κ1) is 20.1. The summed E-state index contributed by atoms with van der Waals surface area (Å²) < 4.78 is 13.3. The summed E-state index contributed by atoms with van der Waals surface area (Å²) in [7, 11) is 1.36. The number of fused-ring (bicyclic) bond motifs is 3. The van der Waals surface area contributed by atoms with Crippen molar-refractivity contribution >= 4 is 22.7 Å². The van der Waals surface area contributed by atoms with Crippen molar-refractivity contribution in [2.24, 2.45) is 0 Å². The normalized spacial score (nSPS) is 13.1. The number of nitrogens with zero attached hydrogens (tertiary/aromatic N) is 1. The molecule has 5 rings (SSSR count). The Labute approximate surface area is 186 Å². The molecular formula is C27H23NO4. The predicted octanol–water partition coefficient (Wildman–Crippen LogP) is 5.79. The van der Waals surface area contributed by atoms with Crippen LogP contribution < -0.4 is 4.74 Å². The van der Waals surface area contributed by atoms with Crippen molar-refractivity contribution in [2.75, 3.05) is 7.11 Å². The van der Waals surface area contributed by atoms with Crippen molar-refractivity contribution in [1.82, 2.24) is 4.57 Å². The fraction of sp³-hybridized carbons (Fsp3) is 0.185. The van der Waals surface area contributed by atoms with Gasteiger partial charge in [0.15, 0.2) is 5.78 Å². The van der Waals surface area contributed by atoms with Gasteiger partial charge in [-0.05, 0) is 43.2 Å². The van der Waals surface area contributed by atoms with Crippen LogP contribution in [0.2, 0.25) is 0 Å². The number of ketones is 1. The molecule has 0 fully saturated rings. The van der Waals surface area contributed by atoms with Gasteiger partial charge >= 0.3 is 5.97 Å². The Morgan fingerprint density at radius 1 is 0.938 bits per heavy atom. The van der Waals surface area contributed by atoms with Gasteiger partial charge in [0.05, 0.1) is 24.7 Å². The number of Topliss-reactive ketones (excluding diaryl/α,β-unsaturated/α-hetero) is 1. The van der Waals surface area contributed by atoms with Gasteiger partial charge in [-0.2, -0.15) is 0 Å². The van der Waals surface area contributed by atoms with E-state index in [4.69, 9.17) is 9.47 Å². The molecule has 0 unspecified atom stereocenters. The molecule has 0 bridgehead atoms. The van der Waals surface area contributed by atoms with Crippen LogP contribution >= 0.6 is 0 Å². The SMILES string of the molecule is COC(=O)c1cccc2c1c1c(n2Cc2ccccc2Oc2ccccc2)CCCC1=O. The molecule has 0 aliphatic heterocycles. The Morgan fingerprint density at radius 3 is 2.53 bits per heavy atom. The number of benzene rings is 3. The van der Waals surface area contributed by atoms with E-state index >= 15 is 0 Å². The molecule has 0 spiro atoms. The first-order chi connectivity index (χ1) is 15.7. The fourth-order valence-corrected chi connectivity index (χ4v) is 4.53. The summed E-state index contributed by atoms with van der Waals surface area (Å²) in [5.74, 6) is 1.19. The number of carbonyl (C=O) groups excluding carboxylic acids is 2. The average molecular weight is 425 g/mol. The lowest BCUT2D eigenvalue weighted by Crippen LogP contribution is -2.14. The van der Waals surface area contributed by atoms with Crippen LogP contribution in [0.3, 0.4) is 0 Å². The molecule has 1 aliphatic rings. The lowest BCUT2D eigenvalue weighted by atomic mass is 9.92. The van der Waals surface area contributed by atoms with Crippen LogP contribution in [0.1, 0.15) is 44.8 Å². The van der Waals surface area contributed by atoms with Crippen LogP contribution in [0, 0.1) is 0 Å². The van der Waals surface area contributed by atoms with Crippen molar-refractivity contribution in [1.29, 1.82) is 0 Å². The van der Waals surface area contributed by atoms with Crippen molar-refractivity contribution in [2.45, 2.75) is 25.8 Å². The first-order valence-electron chi connectivity index (χ1n) is 10.7. The molecule has 3 aromatic carbocycles. The molecule has 0 saturated carbocycles. The van der Waals surface area contributed by atoms with Gasteiger partial charge in [0.25, 0.3) is 0 Å². The van der Waals surface area contributed by atoms with E-state index in [0.717, 1.165) is 41.1 Å². The summed E-state index contributed by atoms with van der Waals surface area (Å²) in [4.78, 5) is 25.4. The standard InChI is InChI=1S/C27H23NO4/c1-31-27(30)20-12-7-13-21-25(20)26-22(14-8-15-23(26)29)28(21)17-18-9-5-6-16-24(18)32-19-10-3-2-4-11-19/h2-7,9-13,16H,8,14-15,17H2,1H3. The van der Waals surface area contributed by atoms with Gasteiger partial charge in [0, 0.05) is 28.6 Å². The summed E-state index contributed by atoms with van der Waals surface area (Å²) in [5, 5.41) is 0.695. The molecule has 160 valence electrons. The van der Waals surface area contributed by atoms with Gasteiger partial charge in [-0.1, -0.05) is 42.5 Å². The zero-order valence-electron chi connectivity index (χ0n) is 17.8. The molecule has 5 heteroatoms. The average Bonchev–Trinajstić information content (AvgIpc) is 3.15. The van der Waals surface area contributed by atoms with Crippen LogP contribution in [0.5, 0.6) is 11.5 Å². The maximum atomic E-state index is 12.9.